The van der Waals surface area contributed by atoms with Crippen molar-refractivity contribution in [1.82, 2.24) is 5.32 Å². The Morgan fingerprint density at radius 1 is 1.12 bits per heavy atom. The van der Waals surface area contributed by atoms with Crippen molar-refractivity contribution in [3.8, 4) is 17.2 Å². The van der Waals surface area contributed by atoms with Crippen LogP contribution in [0.15, 0.2) is 12.1 Å². The van der Waals surface area contributed by atoms with Crippen molar-refractivity contribution in [2.24, 2.45) is 0 Å². The Morgan fingerprint density at radius 2 is 1.62 bits per heavy atom. The van der Waals surface area contributed by atoms with Crippen molar-refractivity contribution in [2.45, 2.75) is 0 Å². The first kappa shape index (κ1) is 11.6. The third-order valence-corrected chi connectivity index (χ3v) is 1.73. The lowest BCUT2D eigenvalue weighted by Crippen LogP contribution is -2.29. The van der Waals surface area contributed by atoms with Crippen LogP contribution in [-0.4, -0.2) is 38.8 Å². The minimum absolute atomic E-state index is 0.158. The first-order valence-corrected chi connectivity index (χ1v) is 4.16. The molecule has 5 N–H and O–H groups in total. The van der Waals surface area contributed by atoms with Gasteiger partial charge in [0.25, 0.3) is 5.91 Å². The molecule has 86 valence electrons. The molecule has 0 unspecified atom stereocenters. The number of carboxylic acids is 1. The zero-order valence-electron chi connectivity index (χ0n) is 7.97. The summed E-state index contributed by atoms with van der Waals surface area (Å²) < 4.78 is 0. The van der Waals surface area contributed by atoms with Crippen LogP contribution in [0, 0.1) is 0 Å². The number of phenolic OH excluding ortho intramolecular Hbond substituents is 3. The maximum Gasteiger partial charge on any atom is 0.322 e. The van der Waals surface area contributed by atoms with Gasteiger partial charge < -0.3 is 25.7 Å². The van der Waals surface area contributed by atoms with Crippen molar-refractivity contribution >= 4 is 11.9 Å². The molecule has 1 aromatic rings. The lowest BCUT2D eigenvalue weighted by atomic mass is 10.1. The first-order chi connectivity index (χ1) is 7.41. The third-order valence-electron chi connectivity index (χ3n) is 1.73. The molecule has 7 nitrogen and oxygen atoms in total. The van der Waals surface area contributed by atoms with Gasteiger partial charge in [0, 0.05) is 5.56 Å². The Labute approximate surface area is 89.6 Å². The fourth-order valence-corrected chi connectivity index (χ4v) is 0.993. The largest absolute Gasteiger partial charge is 0.504 e. The summed E-state index contributed by atoms with van der Waals surface area (Å²) in [6, 6.07) is 1.82. The average Bonchev–Trinajstić information content (AvgIpc) is 2.21. The number of aromatic hydroxyl groups is 3. The summed E-state index contributed by atoms with van der Waals surface area (Å²) in [5.74, 6) is -4.08. The highest BCUT2D eigenvalue weighted by atomic mass is 16.4. The second kappa shape index (κ2) is 4.39. The van der Waals surface area contributed by atoms with E-state index in [2.05, 4.69) is 0 Å². The Balaban J connectivity index is 2.88. The highest BCUT2D eigenvalue weighted by molar-refractivity contribution is 5.96. The number of nitrogens with one attached hydrogen (secondary N) is 1. The number of phenols is 3. The zero-order valence-corrected chi connectivity index (χ0v) is 7.97. The highest BCUT2D eigenvalue weighted by Gasteiger charge is 2.13. The fraction of sp³-hybridized carbons (Fsp3) is 0.111. The van der Waals surface area contributed by atoms with Crippen molar-refractivity contribution in [3.63, 3.8) is 0 Å². The van der Waals surface area contributed by atoms with Gasteiger partial charge in [-0.15, -0.1) is 0 Å². The standard InChI is InChI=1S/C9H9NO6/c11-5-1-4(2-6(12)8(5)15)9(16)10-3-7(13)14/h1-2,11-12,15H,3H2,(H,10,16)(H,13,14). The molecule has 0 spiro atoms. The minimum atomic E-state index is -1.22. The minimum Gasteiger partial charge on any atom is -0.504 e. The van der Waals surface area contributed by atoms with Crippen LogP contribution in [0.25, 0.3) is 0 Å². The van der Waals surface area contributed by atoms with E-state index in [0.717, 1.165) is 12.1 Å². The third kappa shape index (κ3) is 2.53. The molecule has 16 heavy (non-hydrogen) atoms. The normalized spacial score (nSPS) is 9.75. The van der Waals surface area contributed by atoms with Crippen molar-refractivity contribution in [2.75, 3.05) is 6.54 Å². The molecule has 1 aromatic carbocycles. The summed E-state index contributed by atoms with van der Waals surface area (Å²) in [5, 5.41) is 37.5. The van der Waals surface area contributed by atoms with Crippen molar-refractivity contribution < 1.29 is 30.0 Å². The fourth-order valence-electron chi connectivity index (χ4n) is 0.993. The first-order valence-electron chi connectivity index (χ1n) is 4.16. The number of carbonyl (C=O) groups excluding carboxylic acids is 1. The van der Waals surface area contributed by atoms with Gasteiger partial charge in [0.2, 0.25) is 0 Å². The molecule has 0 bridgehead atoms. The van der Waals surface area contributed by atoms with E-state index in [1.54, 1.807) is 0 Å². The van der Waals surface area contributed by atoms with Gasteiger partial charge in [-0.3, -0.25) is 9.59 Å². The SMILES string of the molecule is O=C(O)CNC(=O)c1cc(O)c(O)c(O)c1. The van der Waals surface area contributed by atoms with E-state index in [9.17, 15) is 9.59 Å². The topological polar surface area (TPSA) is 127 Å². The van der Waals surface area contributed by atoms with E-state index < -0.39 is 35.7 Å². The van der Waals surface area contributed by atoms with E-state index in [4.69, 9.17) is 20.4 Å². The monoisotopic (exact) mass is 227 g/mol. The van der Waals surface area contributed by atoms with Gasteiger partial charge in [-0.2, -0.15) is 0 Å². The number of hydrogen-bond donors (Lipinski definition) is 5. The Bertz CT molecular complexity index is 419. The average molecular weight is 227 g/mol. The molecule has 1 amide bonds. The van der Waals surface area contributed by atoms with Crippen LogP contribution in [0.3, 0.4) is 0 Å². The maximum atomic E-state index is 11.3. The van der Waals surface area contributed by atoms with Crippen molar-refractivity contribution in [3.05, 3.63) is 17.7 Å². The Morgan fingerprint density at radius 3 is 2.06 bits per heavy atom. The lowest BCUT2D eigenvalue weighted by Gasteiger charge is -2.05. The summed E-state index contributed by atoms with van der Waals surface area (Å²) in [6.45, 7) is -0.582. The molecular formula is C9H9NO6. The molecule has 0 fully saturated rings. The number of hydrogen-bond acceptors (Lipinski definition) is 5. The molecule has 0 radical (unpaired) electrons. The second-order valence-corrected chi connectivity index (χ2v) is 2.94. The molecule has 0 aliphatic carbocycles. The maximum absolute atomic E-state index is 11.3. The van der Waals surface area contributed by atoms with Gasteiger partial charge in [-0.25, -0.2) is 0 Å². The molecule has 0 heterocycles. The molecule has 0 saturated carbocycles. The van der Waals surface area contributed by atoms with Crippen LogP contribution in [0.2, 0.25) is 0 Å². The number of carbonyl (C=O) groups is 2. The van der Waals surface area contributed by atoms with Gasteiger partial charge in [-0.05, 0) is 12.1 Å². The molecule has 0 aromatic heterocycles. The van der Waals surface area contributed by atoms with Crippen LogP contribution >= 0.6 is 0 Å². The van der Waals surface area contributed by atoms with Crippen LogP contribution in [0.4, 0.5) is 0 Å². The summed E-state index contributed by atoms with van der Waals surface area (Å²) in [7, 11) is 0. The number of aliphatic carboxylic acids is 1. The second-order valence-electron chi connectivity index (χ2n) is 2.94. The zero-order chi connectivity index (χ0) is 12.3. The Hall–Kier alpha value is -2.44. The van der Waals surface area contributed by atoms with Crippen LogP contribution in [0.5, 0.6) is 17.2 Å². The molecule has 0 aliphatic rings. The smallest absolute Gasteiger partial charge is 0.322 e. The predicted octanol–water partition coefficient (Wildman–Crippen LogP) is -0.382. The van der Waals surface area contributed by atoms with E-state index in [-0.39, 0.29) is 5.56 Å². The molecule has 7 heteroatoms. The van der Waals surface area contributed by atoms with Crippen LogP contribution in [0.1, 0.15) is 10.4 Å². The van der Waals surface area contributed by atoms with Gasteiger partial charge in [0.05, 0.1) is 0 Å². The number of benzene rings is 1. The van der Waals surface area contributed by atoms with Gasteiger partial charge >= 0.3 is 5.97 Å². The molecule has 1 rings (SSSR count). The van der Waals surface area contributed by atoms with Gasteiger partial charge in [0.15, 0.2) is 17.2 Å². The molecule has 0 atom stereocenters. The lowest BCUT2D eigenvalue weighted by molar-refractivity contribution is -0.135. The number of rotatable bonds is 3. The molecular weight excluding hydrogens is 218 g/mol. The van der Waals surface area contributed by atoms with Crippen LogP contribution < -0.4 is 5.32 Å². The highest BCUT2D eigenvalue weighted by Crippen LogP contribution is 2.35. The number of carboxylic acid groups (broad SMARTS) is 1. The van der Waals surface area contributed by atoms with E-state index in [0.29, 0.717) is 0 Å². The summed E-state index contributed by atoms with van der Waals surface area (Å²) in [4.78, 5) is 21.5. The summed E-state index contributed by atoms with van der Waals surface area (Å²) in [6.07, 6.45) is 0. The Kier molecular flexibility index (Phi) is 3.19. The molecule has 0 saturated heterocycles. The predicted molar refractivity (Wildman–Crippen MR) is 51.4 cm³/mol. The van der Waals surface area contributed by atoms with Gasteiger partial charge in [-0.1, -0.05) is 0 Å². The quantitative estimate of drug-likeness (QED) is 0.448. The number of amides is 1. The summed E-state index contributed by atoms with van der Waals surface area (Å²) in [5.41, 5.74) is -0.158. The summed E-state index contributed by atoms with van der Waals surface area (Å²) >= 11 is 0. The van der Waals surface area contributed by atoms with E-state index in [1.807, 2.05) is 5.32 Å². The van der Waals surface area contributed by atoms with E-state index in [1.165, 1.54) is 0 Å². The van der Waals surface area contributed by atoms with E-state index >= 15 is 0 Å². The van der Waals surface area contributed by atoms with Gasteiger partial charge in [0.1, 0.15) is 6.54 Å². The van der Waals surface area contributed by atoms with Crippen molar-refractivity contribution in [1.29, 1.82) is 0 Å². The van der Waals surface area contributed by atoms with Crippen LogP contribution in [-0.2, 0) is 4.79 Å². The molecule has 0 aliphatic heterocycles.